The Bertz CT molecular complexity index is 508. The molecule has 0 unspecified atom stereocenters. The zero-order valence-electron chi connectivity index (χ0n) is 12.0. The maximum absolute atomic E-state index is 11.3. The van der Waals surface area contributed by atoms with Gasteiger partial charge in [0, 0.05) is 40.0 Å². The van der Waals surface area contributed by atoms with Crippen molar-refractivity contribution in [2.45, 2.75) is 12.3 Å². The number of ether oxygens (including phenoxy) is 1. The topological polar surface area (TPSA) is 67.6 Å². The summed E-state index contributed by atoms with van der Waals surface area (Å²) in [5.41, 5.74) is 0.618. The molecule has 0 amide bonds. The minimum atomic E-state index is -0.741. The van der Waals surface area contributed by atoms with Crippen molar-refractivity contribution in [2.75, 3.05) is 33.4 Å². The lowest BCUT2D eigenvalue weighted by atomic mass is 9.80. The van der Waals surface area contributed by atoms with Gasteiger partial charge in [-0.3, -0.25) is 9.48 Å². The summed E-state index contributed by atoms with van der Waals surface area (Å²) >= 11 is 0. The molecule has 0 bridgehead atoms. The number of carboxylic acid groups (broad SMARTS) is 1. The molecule has 3 rings (SSSR count). The second-order valence-corrected chi connectivity index (χ2v) is 6.24. The van der Waals surface area contributed by atoms with Crippen molar-refractivity contribution < 1.29 is 14.6 Å². The van der Waals surface area contributed by atoms with E-state index in [-0.39, 0.29) is 0 Å². The highest BCUT2D eigenvalue weighted by Gasteiger charge is 2.52. The predicted octanol–water partition coefficient (Wildman–Crippen LogP) is 0.557. The van der Waals surface area contributed by atoms with E-state index in [2.05, 4.69) is 16.2 Å². The van der Waals surface area contributed by atoms with Gasteiger partial charge in [0.25, 0.3) is 0 Å². The van der Waals surface area contributed by atoms with Gasteiger partial charge in [-0.1, -0.05) is 0 Å². The molecule has 1 aliphatic heterocycles. The van der Waals surface area contributed by atoms with Crippen LogP contribution < -0.4 is 0 Å². The summed E-state index contributed by atoms with van der Waals surface area (Å²) in [6.07, 6.45) is 5.20. The fraction of sp³-hybridized carbons (Fsp3) is 0.714. The van der Waals surface area contributed by atoms with Crippen LogP contribution in [-0.2, 0) is 16.6 Å². The molecule has 2 aliphatic rings. The van der Waals surface area contributed by atoms with E-state index in [9.17, 15) is 9.90 Å². The van der Waals surface area contributed by atoms with Gasteiger partial charge in [0.15, 0.2) is 0 Å². The molecule has 6 heteroatoms. The minimum absolute atomic E-state index is 0.301. The van der Waals surface area contributed by atoms with Crippen LogP contribution in [0.1, 0.15) is 17.9 Å². The molecule has 1 aliphatic carbocycles. The fourth-order valence-electron chi connectivity index (χ4n) is 3.32. The number of hydrogen-bond donors (Lipinski definition) is 1. The maximum atomic E-state index is 11.3. The van der Waals surface area contributed by atoms with Crippen molar-refractivity contribution >= 4 is 5.97 Å². The van der Waals surface area contributed by atoms with Gasteiger partial charge in [-0.2, -0.15) is 5.10 Å². The van der Waals surface area contributed by atoms with Crippen LogP contribution in [-0.4, -0.2) is 59.1 Å². The molecule has 2 heterocycles. The quantitative estimate of drug-likeness (QED) is 0.824. The van der Waals surface area contributed by atoms with Crippen LogP contribution in [0.3, 0.4) is 0 Å². The average Bonchev–Trinajstić information content (AvgIpc) is 2.98. The monoisotopic (exact) mass is 279 g/mol. The molecular formula is C14H21N3O3. The van der Waals surface area contributed by atoms with Crippen molar-refractivity contribution in [1.82, 2.24) is 14.7 Å². The van der Waals surface area contributed by atoms with E-state index >= 15 is 0 Å². The molecule has 6 nitrogen and oxygen atoms in total. The molecule has 110 valence electrons. The van der Waals surface area contributed by atoms with Gasteiger partial charge in [-0.15, -0.1) is 0 Å². The van der Waals surface area contributed by atoms with Crippen LogP contribution in [0.15, 0.2) is 12.4 Å². The summed E-state index contributed by atoms with van der Waals surface area (Å²) in [5.74, 6) is 0.509. The van der Waals surface area contributed by atoms with Crippen molar-refractivity contribution in [1.29, 1.82) is 0 Å². The zero-order valence-corrected chi connectivity index (χ0v) is 12.0. The Hall–Kier alpha value is -1.40. The number of aromatic nitrogens is 2. The van der Waals surface area contributed by atoms with Crippen molar-refractivity contribution in [3.8, 4) is 0 Å². The molecule has 1 saturated carbocycles. The standard InChI is InChI=1S/C14H21N3O3/c1-16-5-11(4-15-16)12-3-10(12)6-17-7-14(8-17,9-20-2)13(18)19/h4-5,10,12H,3,6-9H2,1-2H3,(H,18,19)/t10-,12+/m0/s1. The number of carbonyl (C=O) groups is 1. The van der Waals surface area contributed by atoms with E-state index in [1.54, 1.807) is 7.11 Å². The number of aryl methyl sites for hydroxylation is 1. The molecule has 1 aromatic rings. The summed E-state index contributed by atoms with van der Waals surface area (Å²) in [6.45, 7) is 2.49. The van der Waals surface area contributed by atoms with Crippen molar-refractivity contribution in [2.24, 2.45) is 18.4 Å². The van der Waals surface area contributed by atoms with E-state index in [0.29, 0.717) is 31.5 Å². The normalized spacial score (nSPS) is 28.1. The predicted molar refractivity (Wildman–Crippen MR) is 72.4 cm³/mol. The van der Waals surface area contributed by atoms with Crippen LogP contribution in [0.4, 0.5) is 0 Å². The number of carboxylic acids is 1. The molecular weight excluding hydrogens is 258 g/mol. The van der Waals surface area contributed by atoms with Gasteiger partial charge in [0.05, 0.1) is 12.8 Å². The SMILES string of the molecule is COCC1(C(=O)O)CN(C[C@@H]2C[C@H]2c2cnn(C)c2)C1. The Labute approximate surface area is 118 Å². The van der Waals surface area contributed by atoms with E-state index < -0.39 is 11.4 Å². The molecule has 20 heavy (non-hydrogen) atoms. The minimum Gasteiger partial charge on any atom is -0.481 e. The molecule has 1 N–H and O–H groups in total. The summed E-state index contributed by atoms with van der Waals surface area (Å²) in [7, 11) is 3.49. The third kappa shape index (κ3) is 2.33. The van der Waals surface area contributed by atoms with E-state index in [1.807, 2.05) is 17.9 Å². The van der Waals surface area contributed by atoms with Gasteiger partial charge < -0.3 is 14.7 Å². The highest BCUT2D eigenvalue weighted by Crippen LogP contribution is 2.49. The van der Waals surface area contributed by atoms with Gasteiger partial charge in [-0.25, -0.2) is 0 Å². The summed E-state index contributed by atoms with van der Waals surface area (Å²) in [4.78, 5) is 13.5. The molecule has 0 radical (unpaired) electrons. The van der Waals surface area contributed by atoms with Crippen LogP contribution in [0.25, 0.3) is 0 Å². The molecule has 0 spiro atoms. The summed E-state index contributed by atoms with van der Waals surface area (Å²) in [6, 6.07) is 0. The van der Waals surface area contributed by atoms with Gasteiger partial charge in [0.2, 0.25) is 0 Å². The third-order valence-electron chi connectivity index (χ3n) is 4.50. The molecule has 2 atom stereocenters. The van der Waals surface area contributed by atoms with Crippen LogP contribution in [0.5, 0.6) is 0 Å². The Morgan fingerprint density at radius 3 is 2.90 bits per heavy atom. The number of hydrogen-bond acceptors (Lipinski definition) is 4. The van der Waals surface area contributed by atoms with Crippen LogP contribution >= 0.6 is 0 Å². The first-order chi connectivity index (χ1) is 9.54. The lowest BCUT2D eigenvalue weighted by Gasteiger charge is -2.46. The van der Waals surface area contributed by atoms with Gasteiger partial charge >= 0.3 is 5.97 Å². The summed E-state index contributed by atoms with van der Waals surface area (Å²) in [5, 5.41) is 13.5. The smallest absolute Gasteiger partial charge is 0.314 e. The Morgan fingerprint density at radius 1 is 1.60 bits per heavy atom. The fourth-order valence-corrected chi connectivity index (χ4v) is 3.32. The van der Waals surface area contributed by atoms with E-state index in [1.165, 1.54) is 12.0 Å². The van der Waals surface area contributed by atoms with E-state index in [4.69, 9.17) is 4.74 Å². The Kier molecular flexibility index (Phi) is 3.30. The second kappa shape index (κ2) is 4.86. The second-order valence-electron chi connectivity index (χ2n) is 6.24. The third-order valence-corrected chi connectivity index (χ3v) is 4.50. The first-order valence-electron chi connectivity index (χ1n) is 6.97. The average molecular weight is 279 g/mol. The highest BCUT2D eigenvalue weighted by molar-refractivity contribution is 5.76. The lowest BCUT2D eigenvalue weighted by molar-refractivity contribution is -0.167. The number of nitrogens with zero attached hydrogens (tertiary/aromatic N) is 3. The number of likely N-dealkylation sites (tertiary alicyclic amines) is 1. The van der Waals surface area contributed by atoms with E-state index in [0.717, 1.165) is 6.54 Å². The first-order valence-corrected chi connectivity index (χ1v) is 6.97. The Morgan fingerprint density at radius 2 is 2.35 bits per heavy atom. The number of aliphatic carboxylic acids is 1. The number of methoxy groups -OCH3 is 1. The first kappa shape index (κ1) is 13.6. The molecule has 2 fully saturated rings. The van der Waals surface area contributed by atoms with Crippen molar-refractivity contribution in [3.05, 3.63) is 18.0 Å². The lowest BCUT2D eigenvalue weighted by Crippen LogP contribution is -2.62. The number of rotatable bonds is 6. The highest BCUT2D eigenvalue weighted by atomic mass is 16.5. The van der Waals surface area contributed by atoms with Crippen LogP contribution in [0, 0.1) is 11.3 Å². The Balaban J connectivity index is 1.49. The van der Waals surface area contributed by atoms with Gasteiger partial charge in [0.1, 0.15) is 5.41 Å². The molecule has 0 aromatic carbocycles. The van der Waals surface area contributed by atoms with Crippen molar-refractivity contribution in [3.63, 3.8) is 0 Å². The maximum Gasteiger partial charge on any atom is 0.314 e. The largest absolute Gasteiger partial charge is 0.481 e. The summed E-state index contributed by atoms with van der Waals surface area (Å²) < 4.78 is 6.89. The molecule has 1 aromatic heterocycles. The zero-order chi connectivity index (χ0) is 14.3. The van der Waals surface area contributed by atoms with Crippen LogP contribution in [0.2, 0.25) is 0 Å². The molecule has 1 saturated heterocycles. The van der Waals surface area contributed by atoms with Gasteiger partial charge in [-0.05, 0) is 23.8 Å².